The summed E-state index contributed by atoms with van der Waals surface area (Å²) in [5, 5.41) is 1.46. The summed E-state index contributed by atoms with van der Waals surface area (Å²) in [4.78, 5) is 11.3. The van der Waals surface area contributed by atoms with Crippen LogP contribution in [-0.2, 0) is 4.79 Å². The number of ketones is 1. The van der Waals surface area contributed by atoms with E-state index in [4.69, 9.17) is 0 Å². The van der Waals surface area contributed by atoms with Gasteiger partial charge in [0.2, 0.25) is 0 Å². The average molecular weight is 182 g/mol. The molecule has 0 aromatic rings. The molecule has 0 bridgehead atoms. The van der Waals surface area contributed by atoms with Crippen LogP contribution in [0.1, 0.15) is 25.7 Å². The van der Waals surface area contributed by atoms with Gasteiger partial charge in [-0.05, 0) is 25.3 Å². The zero-order chi connectivity index (χ0) is 9.19. The van der Waals surface area contributed by atoms with Crippen molar-refractivity contribution >= 4 is 13.9 Å². The summed E-state index contributed by atoms with van der Waals surface area (Å²) < 4.78 is 0. The van der Waals surface area contributed by atoms with E-state index in [1.807, 2.05) is 6.08 Å². The van der Waals surface area contributed by atoms with Crippen LogP contribution < -0.4 is 0 Å². The molecular weight excluding hydrogens is 164 g/mol. The third kappa shape index (κ3) is 2.59. The Hall–Kier alpha value is -0.373. The molecule has 1 aliphatic carbocycles. The minimum atomic E-state index is -1.19. The summed E-state index contributed by atoms with van der Waals surface area (Å²) in [7, 11) is -1.19. The van der Waals surface area contributed by atoms with Crippen LogP contribution in [0.2, 0.25) is 19.6 Å². The lowest BCUT2D eigenvalue weighted by molar-refractivity contribution is -0.114. The molecule has 0 aromatic heterocycles. The lowest BCUT2D eigenvalue weighted by Gasteiger charge is -2.19. The normalized spacial score (nSPS) is 20.2. The van der Waals surface area contributed by atoms with Crippen molar-refractivity contribution in [2.24, 2.45) is 0 Å². The van der Waals surface area contributed by atoms with E-state index >= 15 is 0 Å². The van der Waals surface area contributed by atoms with Crippen LogP contribution >= 0.6 is 0 Å². The summed E-state index contributed by atoms with van der Waals surface area (Å²) in [5.74, 6) is 0.352. The standard InChI is InChI=1S/C10H18OSi/c1-12(2,3)10-7-5-4-6-9(11)8-10/h8H,4-7H2,1-3H3. The average Bonchev–Trinajstić information content (AvgIpc) is 2.11. The Morgan fingerprint density at radius 1 is 1.17 bits per heavy atom. The van der Waals surface area contributed by atoms with Gasteiger partial charge in [0.25, 0.3) is 0 Å². The third-order valence-corrected chi connectivity index (χ3v) is 4.74. The highest BCUT2D eigenvalue weighted by Crippen LogP contribution is 2.23. The molecule has 0 heterocycles. The molecule has 1 nitrogen and oxygen atoms in total. The van der Waals surface area contributed by atoms with Gasteiger partial charge in [-0.2, -0.15) is 0 Å². The van der Waals surface area contributed by atoms with Crippen molar-refractivity contribution in [2.45, 2.75) is 45.3 Å². The molecule has 0 amide bonds. The van der Waals surface area contributed by atoms with Gasteiger partial charge in [0, 0.05) is 6.42 Å². The minimum absolute atomic E-state index is 0.352. The molecule has 1 aliphatic rings. The maximum atomic E-state index is 11.3. The van der Waals surface area contributed by atoms with Gasteiger partial charge in [-0.3, -0.25) is 4.79 Å². The van der Waals surface area contributed by atoms with Crippen LogP contribution in [0.4, 0.5) is 0 Å². The Kier molecular flexibility index (Phi) is 2.88. The Bertz CT molecular complexity index is 210. The van der Waals surface area contributed by atoms with E-state index in [9.17, 15) is 4.79 Å². The highest BCUT2D eigenvalue weighted by molar-refractivity contribution is 6.83. The number of carbonyl (C=O) groups is 1. The smallest absolute Gasteiger partial charge is 0.155 e. The highest BCUT2D eigenvalue weighted by atomic mass is 28.3. The van der Waals surface area contributed by atoms with Gasteiger partial charge in [-0.15, -0.1) is 0 Å². The molecule has 0 unspecified atom stereocenters. The molecule has 0 saturated carbocycles. The second kappa shape index (κ2) is 3.56. The van der Waals surface area contributed by atoms with E-state index in [1.54, 1.807) is 0 Å². The van der Waals surface area contributed by atoms with Crippen molar-refractivity contribution in [2.75, 3.05) is 0 Å². The van der Waals surface area contributed by atoms with Crippen LogP contribution in [0.3, 0.4) is 0 Å². The molecule has 0 spiro atoms. The third-order valence-electron chi connectivity index (χ3n) is 2.42. The molecule has 0 saturated heterocycles. The monoisotopic (exact) mass is 182 g/mol. The first-order chi connectivity index (χ1) is 5.50. The molecule has 0 radical (unpaired) electrons. The lowest BCUT2D eigenvalue weighted by atomic mass is 10.2. The molecule has 68 valence electrons. The fourth-order valence-corrected chi connectivity index (χ4v) is 3.07. The van der Waals surface area contributed by atoms with E-state index in [0.29, 0.717) is 5.78 Å². The Labute approximate surface area is 75.9 Å². The topological polar surface area (TPSA) is 17.1 Å². The maximum absolute atomic E-state index is 11.3. The van der Waals surface area contributed by atoms with Crippen LogP contribution in [0.5, 0.6) is 0 Å². The number of allylic oxidation sites excluding steroid dienone is 2. The molecule has 0 aromatic carbocycles. The second-order valence-electron chi connectivity index (χ2n) is 4.59. The maximum Gasteiger partial charge on any atom is 0.155 e. The van der Waals surface area contributed by atoms with Gasteiger partial charge in [-0.25, -0.2) is 0 Å². The van der Waals surface area contributed by atoms with Gasteiger partial charge >= 0.3 is 0 Å². The quantitative estimate of drug-likeness (QED) is 0.570. The molecule has 2 heteroatoms. The Morgan fingerprint density at radius 2 is 1.75 bits per heavy atom. The Morgan fingerprint density at radius 3 is 2.33 bits per heavy atom. The lowest BCUT2D eigenvalue weighted by Crippen LogP contribution is -2.24. The van der Waals surface area contributed by atoms with Crippen LogP contribution in [0, 0.1) is 0 Å². The van der Waals surface area contributed by atoms with Gasteiger partial charge < -0.3 is 0 Å². The number of carbonyl (C=O) groups excluding carboxylic acids is 1. The fraction of sp³-hybridized carbons (Fsp3) is 0.700. The van der Waals surface area contributed by atoms with Crippen molar-refractivity contribution in [3.63, 3.8) is 0 Å². The predicted molar refractivity (Wildman–Crippen MR) is 54.9 cm³/mol. The zero-order valence-corrected chi connectivity index (χ0v) is 9.31. The van der Waals surface area contributed by atoms with Gasteiger partial charge in [0.1, 0.15) is 0 Å². The van der Waals surface area contributed by atoms with Gasteiger partial charge in [0.15, 0.2) is 5.78 Å². The minimum Gasteiger partial charge on any atom is -0.295 e. The first-order valence-corrected chi connectivity index (χ1v) is 8.24. The summed E-state index contributed by atoms with van der Waals surface area (Å²) in [6, 6.07) is 0. The summed E-state index contributed by atoms with van der Waals surface area (Å²) in [5.41, 5.74) is 0. The van der Waals surface area contributed by atoms with Crippen molar-refractivity contribution in [3.8, 4) is 0 Å². The largest absolute Gasteiger partial charge is 0.295 e. The molecule has 0 aliphatic heterocycles. The summed E-state index contributed by atoms with van der Waals surface area (Å²) >= 11 is 0. The van der Waals surface area contributed by atoms with Crippen LogP contribution in [0.15, 0.2) is 11.3 Å². The molecule has 0 N–H and O–H groups in total. The summed E-state index contributed by atoms with van der Waals surface area (Å²) in [6.07, 6.45) is 6.17. The Balaban J connectivity index is 2.80. The predicted octanol–water partition coefficient (Wildman–Crippen LogP) is 2.93. The molecule has 0 atom stereocenters. The van der Waals surface area contributed by atoms with E-state index in [2.05, 4.69) is 19.6 Å². The van der Waals surface area contributed by atoms with Crippen LogP contribution in [-0.4, -0.2) is 13.9 Å². The van der Waals surface area contributed by atoms with Gasteiger partial charge in [-0.1, -0.05) is 24.8 Å². The van der Waals surface area contributed by atoms with E-state index < -0.39 is 8.07 Å². The molecule has 0 fully saturated rings. The number of hydrogen-bond acceptors (Lipinski definition) is 1. The number of hydrogen-bond donors (Lipinski definition) is 0. The zero-order valence-electron chi connectivity index (χ0n) is 8.31. The molecule has 12 heavy (non-hydrogen) atoms. The summed E-state index contributed by atoms with van der Waals surface area (Å²) in [6.45, 7) is 6.95. The SMILES string of the molecule is C[Si](C)(C)C1=CC(=O)CCCC1. The highest BCUT2D eigenvalue weighted by Gasteiger charge is 2.21. The van der Waals surface area contributed by atoms with Crippen molar-refractivity contribution in [1.82, 2.24) is 0 Å². The first kappa shape index (κ1) is 9.71. The first-order valence-electron chi connectivity index (χ1n) is 4.74. The van der Waals surface area contributed by atoms with Crippen molar-refractivity contribution < 1.29 is 4.79 Å². The number of rotatable bonds is 1. The molecule has 1 rings (SSSR count). The second-order valence-corrected chi connectivity index (χ2v) is 9.74. The van der Waals surface area contributed by atoms with E-state index in [-0.39, 0.29) is 0 Å². The van der Waals surface area contributed by atoms with Crippen molar-refractivity contribution in [3.05, 3.63) is 11.3 Å². The molecular formula is C10H18OSi. The van der Waals surface area contributed by atoms with Crippen LogP contribution in [0.25, 0.3) is 0 Å². The fourth-order valence-electron chi connectivity index (χ4n) is 1.54. The van der Waals surface area contributed by atoms with Gasteiger partial charge in [0.05, 0.1) is 8.07 Å². The van der Waals surface area contributed by atoms with E-state index in [1.165, 1.54) is 18.0 Å². The van der Waals surface area contributed by atoms with E-state index in [0.717, 1.165) is 12.8 Å². The van der Waals surface area contributed by atoms with Crippen molar-refractivity contribution in [1.29, 1.82) is 0 Å².